The molecule has 0 aliphatic carbocycles. The maximum atomic E-state index is 5.49. The highest BCUT2D eigenvalue weighted by Gasteiger charge is 2.00. The van der Waals surface area contributed by atoms with Gasteiger partial charge in [0.15, 0.2) is 0 Å². The lowest BCUT2D eigenvalue weighted by Gasteiger charge is -2.02. The van der Waals surface area contributed by atoms with Crippen LogP contribution in [-0.4, -0.2) is 16.5 Å². The summed E-state index contributed by atoms with van der Waals surface area (Å²) in [6.45, 7) is 0.616. The van der Waals surface area contributed by atoms with Crippen molar-refractivity contribution in [3.63, 3.8) is 0 Å². The minimum absolute atomic E-state index is 0.616. The summed E-state index contributed by atoms with van der Waals surface area (Å²) >= 11 is 0. The third-order valence-corrected chi connectivity index (χ3v) is 2.19. The van der Waals surface area contributed by atoms with Crippen molar-refractivity contribution in [3.8, 4) is 11.3 Å². The number of benzene rings is 1. The topological polar surface area (TPSA) is 51.8 Å². The second kappa shape index (κ2) is 4.66. The first kappa shape index (κ1) is 9.80. The van der Waals surface area contributed by atoms with E-state index in [1.54, 1.807) is 6.33 Å². The van der Waals surface area contributed by atoms with Crippen LogP contribution < -0.4 is 5.73 Å². The molecule has 0 saturated heterocycles. The van der Waals surface area contributed by atoms with E-state index in [4.69, 9.17) is 5.73 Å². The Morgan fingerprint density at radius 3 is 2.60 bits per heavy atom. The summed E-state index contributed by atoms with van der Waals surface area (Å²) in [5, 5.41) is 0. The predicted octanol–water partition coefficient (Wildman–Crippen LogP) is 1.64. The fourth-order valence-electron chi connectivity index (χ4n) is 1.45. The van der Waals surface area contributed by atoms with Crippen molar-refractivity contribution in [2.24, 2.45) is 5.73 Å². The number of aromatic nitrogens is 2. The van der Waals surface area contributed by atoms with Gasteiger partial charge in [0.05, 0.1) is 5.69 Å². The van der Waals surface area contributed by atoms with Gasteiger partial charge >= 0.3 is 0 Å². The van der Waals surface area contributed by atoms with Gasteiger partial charge in [-0.15, -0.1) is 0 Å². The first-order chi connectivity index (χ1) is 7.40. The maximum Gasteiger partial charge on any atom is 0.116 e. The quantitative estimate of drug-likeness (QED) is 0.817. The van der Waals surface area contributed by atoms with Crippen LogP contribution in [0.15, 0.2) is 42.7 Å². The fourth-order valence-corrected chi connectivity index (χ4v) is 1.45. The Kier molecular flexibility index (Phi) is 3.05. The largest absolute Gasteiger partial charge is 0.330 e. The first-order valence-electron chi connectivity index (χ1n) is 4.96. The van der Waals surface area contributed by atoms with Gasteiger partial charge in [0, 0.05) is 17.7 Å². The molecule has 1 heterocycles. The molecule has 0 spiro atoms. The summed E-state index contributed by atoms with van der Waals surface area (Å²) < 4.78 is 0. The van der Waals surface area contributed by atoms with Gasteiger partial charge in [-0.05, 0) is 12.6 Å². The monoisotopic (exact) mass is 199 g/mol. The maximum absolute atomic E-state index is 5.49. The fraction of sp³-hybridized carbons (Fsp3) is 0.167. The normalized spacial score (nSPS) is 10.2. The lowest BCUT2D eigenvalue weighted by molar-refractivity contribution is 0.911. The lowest BCUT2D eigenvalue weighted by atomic mass is 10.1. The SMILES string of the molecule is NCCc1cc(-c2ccccc2)ncn1. The molecule has 0 amide bonds. The molecule has 0 saturated carbocycles. The Labute approximate surface area is 89.0 Å². The molecule has 1 aromatic heterocycles. The molecule has 0 unspecified atom stereocenters. The zero-order chi connectivity index (χ0) is 10.5. The first-order valence-corrected chi connectivity index (χ1v) is 4.96. The van der Waals surface area contributed by atoms with Crippen LogP contribution in [0.3, 0.4) is 0 Å². The van der Waals surface area contributed by atoms with Crippen molar-refractivity contribution in [2.45, 2.75) is 6.42 Å². The van der Waals surface area contributed by atoms with Gasteiger partial charge in [-0.3, -0.25) is 0 Å². The molecular weight excluding hydrogens is 186 g/mol. The zero-order valence-electron chi connectivity index (χ0n) is 8.43. The van der Waals surface area contributed by atoms with Crippen LogP contribution in [0.4, 0.5) is 0 Å². The summed E-state index contributed by atoms with van der Waals surface area (Å²) in [5.41, 5.74) is 8.54. The summed E-state index contributed by atoms with van der Waals surface area (Å²) in [6.07, 6.45) is 2.38. The molecule has 2 N–H and O–H groups in total. The molecular formula is C12H13N3. The average molecular weight is 199 g/mol. The van der Waals surface area contributed by atoms with Gasteiger partial charge in [0.2, 0.25) is 0 Å². The molecule has 0 aliphatic rings. The zero-order valence-corrected chi connectivity index (χ0v) is 8.43. The summed E-state index contributed by atoms with van der Waals surface area (Å²) in [4.78, 5) is 8.40. The van der Waals surface area contributed by atoms with Gasteiger partial charge in [-0.25, -0.2) is 9.97 Å². The molecule has 3 nitrogen and oxygen atoms in total. The molecule has 15 heavy (non-hydrogen) atoms. The smallest absolute Gasteiger partial charge is 0.116 e. The van der Waals surface area contributed by atoms with Crippen LogP contribution in [0.25, 0.3) is 11.3 Å². The molecule has 0 fully saturated rings. The van der Waals surface area contributed by atoms with Gasteiger partial charge in [0.1, 0.15) is 6.33 Å². The predicted molar refractivity (Wildman–Crippen MR) is 60.2 cm³/mol. The van der Waals surface area contributed by atoms with E-state index in [1.165, 1.54) is 0 Å². The van der Waals surface area contributed by atoms with Crippen LogP contribution >= 0.6 is 0 Å². The molecule has 76 valence electrons. The molecule has 0 radical (unpaired) electrons. The molecule has 0 aliphatic heterocycles. The van der Waals surface area contributed by atoms with Crippen LogP contribution in [0.5, 0.6) is 0 Å². The Hall–Kier alpha value is -1.74. The van der Waals surface area contributed by atoms with Crippen molar-refractivity contribution < 1.29 is 0 Å². The minimum atomic E-state index is 0.616. The van der Waals surface area contributed by atoms with E-state index in [0.717, 1.165) is 23.4 Å². The highest BCUT2D eigenvalue weighted by molar-refractivity contribution is 5.58. The molecule has 1 aromatic carbocycles. The lowest BCUT2D eigenvalue weighted by Crippen LogP contribution is -2.04. The van der Waals surface area contributed by atoms with E-state index in [2.05, 4.69) is 9.97 Å². The van der Waals surface area contributed by atoms with E-state index in [0.29, 0.717) is 6.54 Å². The third-order valence-electron chi connectivity index (χ3n) is 2.19. The van der Waals surface area contributed by atoms with Crippen molar-refractivity contribution in [1.82, 2.24) is 9.97 Å². The average Bonchev–Trinajstić information content (AvgIpc) is 2.31. The number of nitrogens with two attached hydrogens (primary N) is 1. The van der Waals surface area contributed by atoms with Crippen molar-refractivity contribution in [2.75, 3.05) is 6.54 Å². The van der Waals surface area contributed by atoms with Crippen LogP contribution in [0, 0.1) is 0 Å². The summed E-state index contributed by atoms with van der Waals surface area (Å²) in [5.74, 6) is 0. The molecule has 3 heteroatoms. The number of rotatable bonds is 3. The third kappa shape index (κ3) is 2.39. The highest BCUT2D eigenvalue weighted by atomic mass is 14.8. The Balaban J connectivity index is 2.33. The second-order valence-corrected chi connectivity index (χ2v) is 3.30. The molecule has 0 atom stereocenters. The van der Waals surface area contributed by atoms with E-state index in [1.807, 2.05) is 36.4 Å². The van der Waals surface area contributed by atoms with Crippen LogP contribution in [0.1, 0.15) is 5.69 Å². The Morgan fingerprint density at radius 2 is 1.87 bits per heavy atom. The molecule has 2 aromatic rings. The highest BCUT2D eigenvalue weighted by Crippen LogP contribution is 2.15. The van der Waals surface area contributed by atoms with Gasteiger partial charge < -0.3 is 5.73 Å². The Morgan fingerprint density at radius 1 is 1.07 bits per heavy atom. The number of hydrogen-bond donors (Lipinski definition) is 1. The van der Waals surface area contributed by atoms with E-state index < -0.39 is 0 Å². The van der Waals surface area contributed by atoms with Gasteiger partial charge in [0.25, 0.3) is 0 Å². The summed E-state index contributed by atoms with van der Waals surface area (Å²) in [6, 6.07) is 12.1. The van der Waals surface area contributed by atoms with E-state index in [-0.39, 0.29) is 0 Å². The molecule has 2 rings (SSSR count). The van der Waals surface area contributed by atoms with Gasteiger partial charge in [-0.1, -0.05) is 30.3 Å². The van der Waals surface area contributed by atoms with Crippen molar-refractivity contribution >= 4 is 0 Å². The van der Waals surface area contributed by atoms with Gasteiger partial charge in [-0.2, -0.15) is 0 Å². The Bertz CT molecular complexity index is 426. The second-order valence-electron chi connectivity index (χ2n) is 3.30. The van der Waals surface area contributed by atoms with Crippen LogP contribution in [0.2, 0.25) is 0 Å². The van der Waals surface area contributed by atoms with Crippen LogP contribution in [-0.2, 0) is 6.42 Å². The van der Waals surface area contributed by atoms with E-state index >= 15 is 0 Å². The van der Waals surface area contributed by atoms with E-state index in [9.17, 15) is 0 Å². The molecule has 0 bridgehead atoms. The van der Waals surface area contributed by atoms with Crippen molar-refractivity contribution in [1.29, 1.82) is 0 Å². The number of hydrogen-bond acceptors (Lipinski definition) is 3. The van der Waals surface area contributed by atoms with Crippen molar-refractivity contribution in [3.05, 3.63) is 48.4 Å². The number of nitrogens with zero attached hydrogens (tertiary/aromatic N) is 2. The summed E-state index contributed by atoms with van der Waals surface area (Å²) in [7, 11) is 0. The minimum Gasteiger partial charge on any atom is -0.330 e. The standard InChI is InChI=1S/C12H13N3/c13-7-6-11-8-12(15-9-14-11)10-4-2-1-3-5-10/h1-5,8-9H,6-7,13H2.